The van der Waals surface area contributed by atoms with Crippen LogP contribution >= 0.6 is 15.9 Å². The number of benzene rings is 1. The first kappa shape index (κ1) is 18.3. The first-order chi connectivity index (χ1) is 11.0. The molecular formula is C16H16BrF3N4. The summed E-state index contributed by atoms with van der Waals surface area (Å²) in [4.78, 5) is 0. The van der Waals surface area contributed by atoms with Gasteiger partial charge in [0.2, 0.25) is 0 Å². The zero-order valence-electron chi connectivity index (χ0n) is 13.3. The Morgan fingerprint density at radius 3 is 2.17 bits per heavy atom. The molecule has 0 radical (unpaired) electrons. The van der Waals surface area contributed by atoms with Gasteiger partial charge >= 0.3 is 6.18 Å². The molecule has 0 aliphatic rings. The highest BCUT2D eigenvalue weighted by Gasteiger charge is 2.50. The molecule has 0 fully saturated rings. The number of aromatic nitrogens is 2. The monoisotopic (exact) mass is 400 g/mol. The van der Waals surface area contributed by atoms with Gasteiger partial charge in [0.15, 0.2) is 6.04 Å². The van der Waals surface area contributed by atoms with E-state index >= 15 is 0 Å². The van der Waals surface area contributed by atoms with Crippen LogP contribution in [0.4, 0.5) is 19.0 Å². The highest BCUT2D eigenvalue weighted by atomic mass is 79.9. The lowest BCUT2D eigenvalue weighted by atomic mass is 9.86. The number of alkyl halides is 3. The Morgan fingerprint density at radius 1 is 1.21 bits per heavy atom. The van der Waals surface area contributed by atoms with Gasteiger partial charge in [-0.25, -0.2) is 4.68 Å². The van der Waals surface area contributed by atoms with Crippen molar-refractivity contribution in [2.24, 2.45) is 5.41 Å². The molecule has 1 atom stereocenters. The van der Waals surface area contributed by atoms with E-state index in [4.69, 9.17) is 5.73 Å². The van der Waals surface area contributed by atoms with E-state index in [0.717, 1.165) is 9.15 Å². The van der Waals surface area contributed by atoms with Crippen molar-refractivity contribution in [2.45, 2.75) is 33.0 Å². The first-order valence-electron chi connectivity index (χ1n) is 7.07. The second-order valence-corrected chi connectivity index (χ2v) is 7.40. The Labute approximate surface area is 146 Å². The summed E-state index contributed by atoms with van der Waals surface area (Å²) >= 11 is 3.28. The number of nitrogens with two attached hydrogens (primary N) is 1. The molecule has 0 spiro atoms. The third-order valence-electron chi connectivity index (χ3n) is 3.55. The highest BCUT2D eigenvalue weighted by Crippen LogP contribution is 2.45. The molecule has 1 aromatic carbocycles. The topological polar surface area (TPSA) is 67.6 Å². The average Bonchev–Trinajstić information content (AvgIpc) is 2.73. The zero-order valence-corrected chi connectivity index (χ0v) is 14.9. The van der Waals surface area contributed by atoms with E-state index in [2.05, 4.69) is 21.0 Å². The van der Waals surface area contributed by atoms with E-state index < -0.39 is 17.6 Å². The normalized spacial score (nSPS) is 13.6. The van der Waals surface area contributed by atoms with E-state index in [1.807, 2.05) is 6.07 Å². The molecule has 0 saturated heterocycles. The van der Waals surface area contributed by atoms with Crippen LogP contribution in [0.1, 0.15) is 32.4 Å². The van der Waals surface area contributed by atoms with E-state index in [1.165, 1.54) is 20.8 Å². The van der Waals surface area contributed by atoms with E-state index in [-0.39, 0.29) is 17.1 Å². The van der Waals surface area contributed by atoms with Crippen molar-refractivity contribution in [3.8, 4) is 17.3 Å². The van der Waals surface area contributed by atoms with Crippen molar-refractivity contribution in [1.29, 1.82) is 5.26 Å². The van der Waals surface area contributed by atoms with Gasteiger partial charge in [0.1, 0.15) is 23.1 Å². The molecule has 0 saturated carbocycles. The van der Waals surface area contributed by atoms with Gasteiger partial charge in [0.05, 0.1) is 0 Å². The largest absolute Gasteiger partial charge is 0.411 e. The Morgan fingerprint density at radius 2 is 1.75 bits per heavy atom. The maximum absolute atomic E-state index is 13.6. The van der Waals surface area contributed by atoms with Gasteiger partial charge in [-0.2, -0.15) is 23.5 Å². The molecule has 0 amide bonds. The minimum atomic E-state index is -4.55. The van der Waals surface area contributed by atoms with Crippen LogP contribution in [0.15, 0.2) is 28.7 Å². The van der Waals surface area contributed by atoms with Gasteiger partial charge in [-0.3, -0.25) is 0 Å². The van der Waals surface area contributed by atoms with E-state index in [1.54, 1.807) is 24.3 Å². The molecule has 1 aromatic heterocycles. The highest BCUT2D eigenvalue weighted by molar-refractivity contribution is 9.10. The third-order valence-corrected chi connectivity index (χ3v) is 4.08. The molecule has 8 heteroatoms. The number of nitrogens with zero attached hydrogens (tertiary/aromatic N) is 3. The van der Waals surface area contributed by atoms with Gasteiger partial charge in [-0.05, 0) is 17.5 Å². The van der Waals surface area contributed by atoms with Crippen molar-refractivity contribution >= 4 is 21.7 Å². The maximum atomic E-state index is 13.6. The Hall–Kier alpha value is -2.01. The summed E-state index contributed by atoms with van der Waals surface area (Å²) in [6, 6.07) is 6.69. The molecule has 2 rings (SSSR count). The maximum Gasteiger partial charge on any atom is 0.411 e. The van der Waals surface area contributed by atoms with Crippen molar-refractivity contribution in [3.63, 3.8) is 0 Å². The molecule has 24 heavy (non-hydrogen) atoms. The van der Waals surface area contributed by atoms with Crippen molar-refractivity contribution in [1.82, 2.24) is 9.78 Å². The molecule has 2 N–H and O–H groups in total. The van der Waals surface area contributed by atoms with Crippen LogP contribution in [0.5, 0.6) is 0 Å². The summed E-state index contributed by atoms with van der Waals surface area (Å²) in [5.41, 5.74) is 5.27. The predicted octanol–water partition coefficient (Wildman–Crippen LogP) is 4.92. The van der Waals surface area contributed by atoms with Gasteiger partial charge < -0.3 is 5.73 Å². The van der Waals surface area contributed by atoms with Gasteiger partial charge in [0.25, 0.3) is 0 Å². The van der Waals surface area contributed by atoms with Gasteiger partial charge in [-0.15, -0.1) is 0 Å². The predicted molar refractivity (Wildman–Crippen MR) is 89.0 cm³/mol. The molecule has 2 aromatic rings. The summed E-state index contributed by atoms with van der Waals surface area (Å²) in [7, 11) is 0. The number of rotatable bonds is 2. The van der Waals surface area contributed by atoms with Crippen LogP contribution in [0, 0.1) is 16.7 Å². The SMILES string of the molecule is CC(C)(C)C(n1nc(-c2ccc(Br)cc2)c(C#N)c1N)C(F)(F)F. The third kappa shape index (κ3) is 3.41. The quantitative estimate of drug-likeness (QED) is 0.777. The van der Waals surface area contributed by atoms with Crippen LogP contribution in [-0.2, 0) is 0 Å². The summed E-state index contributed by atoms with van der Waals surface area (Å²) in [5.74, 6) is -0.285. The Kier molecular flexibility index (Phi) is 4.68. The molecule has 4 nitrogen and oxygen atoms in total. The number of anilines is 1. The second kappa shape index (κ2) is 6.13. The fourth-order valence-electron chi connectivity index (χ4n) is 2.56. The van der Waals surface area contributed by atoms with Gasteiger partial charge in [-0.1, -0.05) is 48.8 Å². The molecule has 0 aliphatic heterocycles. The summed E-state index contributed by atoms with van der Waals surface area (Å²) in [5, 5.41) is 13.4. The summed E-state index contributed by atoms with van der Waals surface area (Å²) < 4.78 is 42.3. The fraction of sp³-hybridized carbons (Fsp3) is 0.375. The number of hydrogen-bond acceptors (Lipinski definition) is 3. The molecule has 128 valence electrons. The van der Waals surface area contributed by atoms with Crippen LogP contribution in [-0.4, -0.2) is 16.0 Å². The molecular weight excluding hydrogens is 385 g/mol. The molecule has 0 bridgehead atoms. The lowest BCUT2D eigenvalue weighted by molar-refractivity contribution is -0.194. The fourth-order valence-corrected chi connectivity index (χ4v) is 2.83. The van der Waals surface area contributed by atoms with Crippen molar-refractivity contribution < 1.29 is 13.2 Å². The number of halogens is 4. The second-order valence-electron chi connectivity index (χ2n) is 6.48. The van der Waals surface area contributed by atoms with Crippen LogP contribution < -0.4 is 5.73 Å². The molecule has 1 unspecified atom stereocenters. The number of nitrogen functional groups attached to an aromatic ring is 1. The van der Waals surface area contributed by atoms with Crippen LogP contribution in [0.25, 0.3) is 11.3 Å². The van der Waals surface area contributed by atoms with Crippen LogP contribution in [0.3, 0.4) is 0 Å². The minimum absolute atomic E-state index is 0.0594. The smallest absolute Gasteiger partial charge is 0.383 e. The van der Waals surface area contributed by atoms with Crippen LogP contribution in [0.2, 0.25) is 0 Å². The molecule has 0 aliphatic carbocycles. The van der Waals surface area contributed by atoms with Crippen molar-refractivity contribution in [3.05, 3.63) is 34.3 Å². The average molecular weight is 401 g/mol. The Bertz CT molecular complexity index is 766. The van der Waals surface area contributed by atoms with Gasteiger partial charge in [0, 0.05) is 10.0 Å². The standard InChI is InChI=1S/C16H16BrF3N4/c1-15(2,3)14(16(18,19)20)24-13(22)11(8-21)12(23-24)9-4-6-10(17)7-5-9/h4-7,14H,22H2,1-3H3. The summed E-state index contributed by atoms with van der Waals surface area (Å²) in [6.07, 6.45) is -4.55. The molecule has 1 heterocycles. The van der Waals surface area contributed by atoms with Crippen molar-refractivity contribution in [2.75, 3.05) is 5.73 Å². The first-order valence-corrected chi connectivity index (χ1v) is 7.87. The van der Waals surface area contributed by atoms with E-state index in [0.29, 0.717) is 5.56 Å². The lowest BCUT2D eigenvalue weighted by Gasteiger charge is -2.33. The Balaban J connectivity index is 2.69. The van der Waals surface area contributed by atoms with E-state index in [9.17, 15) is 18.4 Å². The number of nitriles is 1. The number of hydrogen-bond donors (Lipinski definition) is 1. The summed E-state index contributed by atoms with van der Waals surface area (Å²) in [6.45, 7) is 4.37. The zero-order chi connectivity index (χ0) is 18.3. The minimum Gasteiger partial charge on any atom is -0.383 e. The lowest BCUT2D eigenvalue weighted by Crippen LogP contribution is -2.38.